The monoisotopic (exact) mass is 427 g/mol. The maximum Gasteiger partial charge on any atom is 0.251 e. The Morgan fingerprint density at radius 2 is 1.87 bits per heavy atom. The van der Waals surface area contributed by atoms with Gasteiger partial charge in [-0.25, -0.2) is 8.42 Å². The highest BCUT2D eigenvalue weighted by atomic mass is 32.2. The predicted molar refractivity (Wildman–Crippen MR) is 121 cm³/mol. The van der Waals surface area contributed by atoms with E-state index >= 15 is 0 Å². The molecule has 0 spiro atoms. The van der Waals surface area contributed by atoms with Crippen LogP contribution in [-0.4, -0.2) is 45.8 Å². The van der Waals surface area contributed by atoms with Crippen molar-refractivity contribution in [1.29, 1.82) is 0 Å². The van der Waals surface area contributed by atoms with Crippen LogP contribution in [0, 0.1) is 0 Å². The molecule has 2 aromatic rings. The Kier molecular flexibility index (Phi) is 5.99. The van der Waals surface area contributed by atoms with Crippen molar-refractivity contribution in [3.05, 3.63) is 59.7 Å². The van der Waals surface area contributed by atoms with Crippen molar-refractivity contribution in [3.8, 4) is 0 Å². The summed E-state index contributed by atoms with van der Waals surface area (Å²) in [6, 6.07) is 15.8. The molecule has 2 aromatic carbocycles. The number of fused-ring (bicyclic) bond motifs is 1. The lowest BCUT2D eigenvalue weighted by Crippen LogP contribution is -2.37. The number of hydrogen-bond acceptors (Lipinski definition) is 4. The van der Waals surface area contributed by atoms with E-state index in [9.17, 15) is 13.2 Å². The first-order valence-electron chi connectivity index (χ1n) is 10.7. The molecule has 6 nitrogen and oxygen atoms in total. The summed E-state index contributed by atoms with van der Waals surface area (Å²) >= 11 is 0. The predicted octanol–water partition coefficient (Wildman–Crippen LogP) is 3.19. The van der Waals surface area contributed by atoms with E-state index < -0.39 is 10.0 Å². The van der Waals surface area contributed by atoms with Crippen LogP contribution < -0.4 is 14.5 Å². The first-order chi connectivity index (χ1) is 14.5. The molecule has 0 saturated carbocycles. The summed E-state index contributed by atoms with van der Waals surface area (Å²) in [5.41, 5.74) is 3.88. The minimum Gasteiger partial charge on any atom is -0.368 e. The van der Waals surface area contributed by atoms with Crippen LogP contribution in [0.4, 0.5) is 11.4 Å². The molecule has 160 valence electrons. The number of benzene rings is 2. The topological polar surface area (TPSA) is 69.7 Å². The second-order valence-corrected chi connectivity index (χ2v) is 10.1. The molecule has 0 aromatic heterocycles. The Balaban J connectivity index is 1.29. The number of nitrogens with zero attached hydrogens (tertiary/aromatic N) is 2. The fraction of sp³-hybridized carbons (Fsp3) is 0.435. The highest BCUT2D eigenvalue weighted by molar-refractivity contribution is 7.92. The van der Waals surface area contributed by atoms with Gasteiger partial charge in [-0.2, -0.15) is 0 Å². The second-order valence-electron chi connectivity index (χ2n) is 8.13. The Hall–Kier alpha value is -2.54. The summed E-state index contributed by atoms with van der Waals surface area (Å²) in [5.74, 6) is 0.0629. The van der Waals surface area contributed by atoms with Crippen LogP contribution in [-0.2, 0) is 16.4 Å². The molecule has 0 bridgehead atoms. The number of nitrogens with one attached hydrogen (secondary N) is 1. The molecule has 1 N–H and O–H groups in total. The maximum absolute atomic E-state index is 12.5. The normalized spacial score (nSPS) is 20.1. The van der Waals surface area contributed by atoms with E-state index in [1.54, 1.807) is 24.3 Å². The van der Waals surface area contributed by atoms with Gasteiger partial charge in [0.1, 0.15) is 0 Å². The highest BCUT2D eigenvalue weighted by Gasteiger charge is 2.26. The molecular formula is C23H29N3O3S. The number of sulfonamides is 1. The molecule has 2 heterocycles. The lowest BCUT2D eigenvalue weighted by molar-refractivity contribution is 0.0953. The quantitative estimate of drug-likeness (QED) is 0.719. The van der Waals surface area contributed by atoms with Gasteiger partial charge in [0.25, 0.3) is 5.91 Å². The average Bonchev–Trinajstić information content (AvgIpc) is 3.06. The Morgan fingerprint density at radius 1 is 1.10 bits per heavy atom. The zero-order valence-corrected chi connectivity index (χ0v) is 18.2. The third kappa shape index (κ3) is 4.31. The fourth-order valence-electron chi connectivity index (χ4n) is 4.38. The molecule has 30 heavy (non-hydrogen) atoms. The zero-order chi connectivity index (χ0) is 21.1. The van der Waals surface area contributed by atoms with Crippen molar-refractivity contribution in [2.24, 2.45) is 0 Å². The van der Waals surface area contributed by atoms with Crippen molar-refractivity contribution in [2.75, 3.05) is 34.6 Å². The number of hydrogen-bond donors (Lipinski definition) is 1. The number of para-hydroxylation sites is 1. The summed E-state index contributed by atoms with van der Waals surface area (Å²) in [6.45, 7) is 4.26. The first kappa shape index (κ1) is 20.7. The standard InChI is InChI=1S/C23H29N3O3S/c1-18-17-20-7-2-3-8-22(20)25(18)14-6-13-24-23(27)19-9-11-21(12-10-19)26-15-4-5-16-30(26,28)29/h2-3,7-12,18H,4-6,13-17H2,1H3,(H,24,27)/t18-/m0/s1. The average molecular weight is 428 g/mol. The van der Waals surface area contributed by atoms with Crippen molar-refractivity contribution in [2.45, 2.75) is 38.6 Å². The van der Waals surface area contributed by atoms with Crippen molar-refractivity contribution in [3.63, 3.8) is 0 Å². The van der Waals surface area contributed by atoms with E-state index in [0.717, 1.165) is 25.8 Å². The van der Waals surface area contributed by atoms with E-state index in [0.29, 0.717) is 36.8 Å². The van der Waals surface area contributed by atoms with E-state index in [-0.39, 0.29) is 11.7 Å². The van der Waals surface area contributed by atoms with Gasteiger partial charge < -0.3 is 10.2 Å². The van der Waals surface area contributed by atoms with Gasteiger partial charge in [0.05, 0.1) is 11.4 Å². The molecule has 1 atom stereocenters. The van der Waals surface area contributed by atoms with Crippen molar-refractivity contribution < 1.29 is 13.2 Å². The maximum atomic E-state index is 12.5. The minimum atomic E-state index is -3.23. The highest BCUT2D eigenvalue weighted by Crippen LogP contribution is 2.31. The Bertz CT molecular complexity index is 1000. The third-order valence-electron chi connectivity index (χ3n) is 5.98. The minimum absolute atomic E-state index is 0.127. The molecule has 1 fully saturated rings. The summed E-state index contributed by atoms with van der Waals surface area (Å²) in [6.07, 6.45) is 3.51. The molecule has 1 amide bonds. The molecule has 2 aliphatic rings. The van der Waals surface area contributed by atoms with Crippen molar-refractivity contribution >= 4 is 27.3 Å². The summed E-state index contributed by atoms with van der Waals surface area (Å²) in [5, 5.41) is 2.98. The second kappa shape index (κ2) is 8.68. The first-order valence-corrected chi connectivity index (χ1v) is 12.3. The SMILES string of the molecule is C[C@H]1Cc2ccccc2N1CCCNC(=O)c1ccc(N2CCCCS2(=O)=O)cc1. The van der Waals surface area contributed by atoms with Gasteiger partial charge in [-0.3, -0.25) is 9.10 Å². The number of carbonyl (C=O) groups is 1. The molecule has 0 aliphatic carbocycles. The molecule has 7 heteroatoms. The summed E-state index contributed by atoms with van der Waals surface area (Å²) in [7, 11) is -3.23. The molecule has 2 aliphatic heterocycles. The zero-order valence-electron chi connectivity index (χ0n) is 17.4. The molecular weight excluding hydrogens is 398 g/mol. The van der Waals surface area contributed by atoms with E-state index in [4.69, 9.17) is 0 Å². The lowest BCUT2D eigenvalue weighted by atomic mass is 10.1. The van der Waals surface area contributed by atoms with E-state index in [1.165, 1.54) is 15.6 Å². The Morgan fingerprint density at radius 3 is 2.63 bits per heavy atom. The number of rotatable bonds is 6. The van der Waals surface area contributed by atoms with Crippen LogP contribution >= 0.6 is 0 Å². The van der Waals surface area contributed by atoms with Gasteiger partial charge in [-0.15, -0.1) is 0 Å². The van der Waals surface area contributed by atoms with Gasteiger partial charge in [0, 0.05) is 36.9 Å². The summed E-state index contributed by atoms with van der Waals surface area (Å²) < 4.78 is 25.9. The van der Waals surface area contributed by atoms with E-state index in [1.807, 2.05) is 0 Å². The third-order valence-corrected chi connectivity index (χ3v) is 7.85. The Labute approximate surface area is 178 Å². The van der Waals surface area contributed by atoms with Gasteiger partial charge in [0.15, 0.2) is 0 Å². The lowest BCUT2D eigenvalue weighted by Gasteiger charge is -2.28. The van der Waals surface area contributed by atoms with Crippen LogP contribution in [0.25, 0.3) is 0 Å². The molecule has 0 unspecified atom stereocenters. The number of carbonyl (C=O) groups excluding carboxylic acids is 1. The molecule has 1 saturated heterocycles. The largest absolute Gasteiger partial charge is 0.368 e. The van der Waals surface area contributed by atoms with Crippen LogP contribution in [0.15, 0.2) is 48.5 Å². The van der Waals surface area contributed by atoms with Crippen LogP contribution in [0.2, 0.25) is 0 Å². The van der Waals surface area contributed by atoms with Gasteiger partial charge in [0.2, 0.25) is 10.0 Å². The van der Waals surface area contributed by atoms with Gasteiger partial charge in [-0.05, 0) is 68.5 Å². The van der Waals surface area contributed by atoms with Crippen LogP contribution in [0.1, 0.15) is 42.1 Å². The van der Waals surface area contributed by atoms with Crippen molar-refractivity contribution in [1.82, 2.24) is 5.32 Å². The van der Waals surface area contributed by atoms with Crippen LogP contribution in [0.3, 0.4) is 0 Å². The fourth-order valence-corrected chi connectivity index (χ4v) is 6.02. The van der Waals surface area contributed by atoms with Gasteiger partial charge >= 0.3 is 0 Å². The van der Waals surface area contributed by atoms with Gasteiger partial charge in [-0.1, -0.05) is 18.2 Å². The summed E-state index contributed by atoms with van der Waals surface area (Å²) in [4.78, 5) is 14.9. The molecule has 4 rings (SSSR count). The van der Waals surface area contributed by atoms with Crippen LogP contribution in [0.5, 0.6) is 0 Å². The number of amides is 1. The number of anilines is 2. The molecule has 0 radical (unpaired) electrons. The van der Waals surface area contributed by atoms with E-state index in [2.05, 4.69) is 41.4 Å². The smallest absolute Gasteiger partial charge is 0.251 e.